The predicted molar refractivity (Wildman–Crippen MR) is 98.2 cm³/mol. The van der Waals surface area contributed by atoms with Crippen LogP contribution in [-0.2, 0) is 10.0 Å². The van der Waals surface area contributed by atoms with Gasteiger partial charge in [0.25, 0.3) is 0 Å². The van der Waals surface area contributed by atoms with Gasteiger partial charge in [0.2, 0.25) is 10.0 Å². The zero-order valence-corrected chi connectivity index (χ0v) is 16.3. The molecule has 1 saturated heterocycles. The summed E-state index contributed by atoms with van der Waals surface area (Å²) in [6.45, 7) is 1.20. The summed E-state index contributed by atoms with van der Waals surface area (Å²) in [6, 6.07) is 11.6. The van der Waals surface area contributed by atoms with E-state index < -0.39 is 22.1 Å². The maximum Gasteiger partial charge on any atom is 0.573 e. The molecular formula is C17H16BrF3N2O3S. The van der Waals surface area contributed by atoms with Gasteiger partial charge in [-0.15, -0.1) is 13.2 Å². The molecule has 146 valence electrons. The van der Waals surface area contributed by atoms with Crippen LogP contribution < -0.4 is 14.4 Å². The minimum atomic E-state index is -4.82. The van der Waals surface area contributed by atoms with Crippen molar-refractivity contribution in [2.24, 2.45) is 0 Å². The maximum atomic E-state index is 12.5. The summed E-state index contributed by atoms with van der Waals surface area (Å²) in [4.78, 5) is 1.95. The quantitative estimate of drug-likeness (QED) is 0.728. The summed E-state index contributed by atoms with van der Waals surface area (Å²) in [5, 5.41) is 0. The molecule has 1 heterocycles. The van der Waals surface area contributed by atoms with Crippen LogP contribution in [0.4, 0.5) is 18.9 Å². The third-order valence-corrected chi connectivity index (χ3v) is 6.08. The summed E-state index contributed by atoms with van der Waals surface area (Å²) >= 11 is 3.41. The number of anilines is 1. The number of rotatable bonds is 5. The van der Waals surface area contributed by atoms with Gasteiger partial charge in [0, 0.05) is 29.3 Å². The number of ether oxygens (including phenoxy) is 1. The first-order valence-corrected chi connectivity index (χ1v) is 10.3. The Hall–Kier alpha value is -1.78. The molecule has 1 aliphatic heterocycles. The Morgan fingerprint density at radius 3 is 2.48 bits per heavy atom. The molecule has 0 amide bonds. The van der Waals surface area contributed by atoms with Crippen molar-refractivity contribution in [2.45, 2.75) is 23.7 Å². The lowest BCUT2D eigenvalue weighted by Gasteiger charge is -2.19. The van der Waals surface area contributed by atoms with Crippen LogP contribution in [0.3, 0.4) is 0 Å². The molecule has 0 saturated carbocycles. The smallest absolute Gasteiger partial charge is 0.406 e. The molecule has 0 aromatic heterocycles. The molecule has 1 fully saturated rings. The molecule has 10 heteroatoms. The Morgan fingerprint density at radius 1 is 1.15 bits per heavy atom. The number of alkyl halides is 3. The highest BCUT2D eigenvalue weighted by Gasteiger charge is 2.31. The topological polar surface area (TPSA) is 58.6 Å². The molecular weight excluding hydrogens is 449 g/mol. The van der Waals surface area contributed by atoms with Gasteiger partial charge >= 0.3 is 6.36 Å². The van der Waals surface area contributed by atoms with Gasteiger partial charge in [-0.2, -0.15) is 0 Å². The van der Waals surface area contributed by atoms with Crippen molar-refractivity contribution in [3.63, 3.8) is 0 Å². The van der Waals surface area contributed by atoms with E-state index in [1.807, 2.05) is 24.3 Å². The summed E-state index contributed by atoms with van der Waals surface area (Å²) in [5.41, 5.74) is 0.986. The average molecular weight is 465 g/mol. The van der Waals surface area contributed by atoms with E-state index in [0.29, 0.717) is 19.5 Å². The van der Waals surface area contributed by atoms with E-state index in [1.54, 1.807) is 0 Å². The van der Waals surface area contributed by atoms with Crippen molar-refractivity contribution in [3.05, 3.63) is 53.0 Å². The van der Waals surface area contributed by atoms with Gasteiger partial charge in [-0.1, -0.05) is 22.0 Å². The second kappa shape index (κ2) is 7.69. The zero-order chi connectivity index (χ0) is 19.7. The van der Waals surface area contributed by atoms with Gasteiger partial charge in [0.05, 0.1) is 4.90 Å². The lowest BCUT2D eigenvalue weighted by Crippen LogP contribution is -2.37. The fourth-order valence-corrected chi connectivity index (χ4v) is 4.52. The van der Waals surface area contributed by atoms with Crippen molar-refractivity contribution in [1.29, 1.82) is 0 Å². The number of hydrogen-bond donors (Lipinski definition) is 1. The third kappa shape index (κ3) is 5.36. The molecule has 2 aromatic carbocycles. The predicted octanol–water partition coefficient (Wildman–Crippen LogP) is 3.90. The van der Waals surface area contributed by atoms with E-state index in [0.717, 1.165) is 34.4 Å². The van der Waals surface area contributed by atoms with Gasteiger partial charge in [0.1, 0.15) is 5.75 Å². The Bertz CT molecular complexity index is 904. The Morgan fingerprint density at radius 2 is 1.85 bits per heavy atom. The van der Waals surface area contributed by atoms with E-state index in [2.05, 4.69) is 30.3 Å². The van der Waals surface area contributed by atoms with Crippen LogP contribution in [0, 0.1) is 0 Å². The Balaban J connectivity index is 1.65. The van der Waals surface area contributed by atoms with Crippen LogP contribution in [-0.4, -0.2) is 33.9 Å². The number of sulfonamides is 1. The van der Waals surface area contributed by atoms with Gasteiger partial charge in [0.15, 0.2) is 0 Å². The molecule has 1 aliphatic rings. The van der Waals surface area contributed by atoms with Crippen molar-refractivity contribution < 1.29 is 26.3 Å². The third-order valence-electron chi connectivity index (χ3n) is 4.05. The lowest BCUT2D eigenvalue weighted by molar-refractivity contribution is -0.274. The van der Waals surface area contributed by atoms with Gasteiger partial charge in [-0.05, 0) is 48.9 Å². The lowest BCUT2D eigenvalue weighted by atomic mass is 10.3. The average Bonchev–Trinajstić information content (AvgIpc) is 3.01. The van der Waals surface area contributed by atoms with Crippen molar-refractivity contribution >= 4 is 31.6 Å². The number of nitrogens with zero attached hydrogens (tertiary/aromatic N) is 1. The highest BCUT2D eigenvalue weighted by atomic mass is 79.9. The van der Waals surface area contributed by atoms with E-state index in [4.69, 9.17) is 0 Å². The zero-order valence-electron chi connectivity index (χ0n) is 13.9. The summed E-state index contributed by atoms with van der Waals surface area (Å²) in [5.74, 6) is -0.469. The molecule has 0 bridgehead atoms. The largest absolute Gasteiger partial charge is 0.573 e. The molecule has 0 unspecified atom stereocenters. The van der Waals surface area contributed by atoms with Crippen LogP contribution in [0.1, 0.15) is 6.42 Å². The van der Waals surface area contributed by atoms with Crippen molar-refractivity contribution in [3.8, 4) is 5.75 Å². The second-order valence-corrected chi connectivity index (χ2v) is 8.68. The fourth-order valence-electron chi connectivity index (χ4n) is 2.87. The summed E-state index contributed by atoms with van der Waals surface area (Å²) < 4.78 is 68.8. The first-order chi connectivity index (χ1) is 12.6. The van der Waals surface area contributed by atoms with Crippen molar-refractivity contribution in [2.75, 3.05) is 18.0 Å². The monoisotopic (exact) mass is 464 g/mol. The molecule has 27 heavy (non-hydrogen) atoms. The van der Waals surface area contributed by atoms with E-state index in [9.17, 15) is 21.6 Å². The van der Waals surface area contributed by atoms with Gasteiger partial charge in [-0.25, -0.2) is 13.1 Å². The molecule has 2 aromatic rings. The molecule has 0 spiro atoms. The molecule has 0 aliphatic carbocycles. The molecule has 3 rings (SSSR count). The first-order valence-electron chi connectivity index (χ1n) is 8.01. The Kier molecular flexibility index (Phi) is 5.68. The second-order valence-electron chi connectivity index (χ2n) is 6.05. The number of halogens is 4. The Labute approximate surface area is 163 Å². The van der Waals surface area contributed by atoms with Crippen LogP contribution >= 0.6 is 15.9 Å². The highest BCUT2D eigenvalue weighted by Crippen LogP contribution is 2.26. The van der Waals surface area contributed by atoms with Crippen LogP contribution in [0.2, 0.25) is 0 Å². The van der Waals surface area contributed by atoms with E-state index >= 15 is 0 Å². The summed E-state index contributed by atoms with van der Waals surface area (Å²) in [6.07, 6.45) is -4.20. The molecule has 5 nitrogen and oxygen atoms in total. The number of nitrogens with one attached hydrogen (secondary N) is 1. The van der Waals surface area contributed by atoms with Crippen LogP contribution in [0.25, 0.3) is 0 Å². The van der Waals surface area contributed by atoms with E-state index in [1.165, 1.54) is 0 Å². The standard InChI is InChI=1S/C17H16BrF3N2O3S/c18-12-2-1-3-14(10-12)23-9-8-13(11-23)22-27(24,25)16-6-4-15(5-7-16)26-17(19,20)21/h1-7,10,13,22H,8-9,11H2/t13-/m0/s1. The van der Waals surface area contributed by atoms with Crippen LogP contribution in [0.5, 0.6) is 5.75 Å². The minimum absolute atomic E-state index is 0.113. The number of benzene rings is 2. The fraction of sp³-hybridized carbons (Fsp3) is 0.294. The number of hydrogen-bond acceptors (Lipinski definition) is 4. The van der Waals surface area contributed by atoms with Crippen molar-refractivity contribution in [1.82, 2.24) is 4.72 Å². The molecule has 1 N–H and O–H groups in total. The van der Waals surface area contributed by atoms with Gasteiger partial charge in [-0.3, -0.25) is 0 Å². The van der Waals surface area contributed by atoms with Gasteiger partial charge < -0.3 is 9.64 Å². The maximum absolute atomic E-state index is 12.5. The summed E-state index contributed by atoms with van der Waals surface area (Å²) in [7, 11) is -3.84. The SMILES string of the molecule is O=S(=O)(N[C@H]1CCN(c2cccc(Br)c2)C1)c1ccc(OC(F)(F)F)cc1. The van der Waals surface area contributed by atoms with Crippen LogP contribution in [0.15, 0.2) is 57.9 Å². The molecule has 1 atom stereocenters. The highest BCUT2D eigenvalue weighted by molar-refractivity contribution is 9.10. The normalized spacial score (nSPS) is 17.9. The first kappa shape index (κ1) is 20.0. The van der Waals surface area contributed by atoms with E-state index in [-0.39, 0.29) is 10.9 Å². The molecule has 0 radical (unpaired) electrons. The minimum Gasteiger partial charge on any atom is -0.406 e.